The molecular formula is C23H35N3O. The van der Waals surface area contributed by atoms with Gasteiger partial charge >= 0.3 is 0 Å². The molecule has 148 valence electrons. The first kappa shape index (κ1) is 18.9. The highest BCUT2D eigenvalue weighted by Crippen LogP contribution is 2.42. The summed E-state index contributed by atoms with van der Waals surface area (Å²) in [6, 6.07) is 6.90. The lowest BCUT2D eigenvalue weighted by atomic mass is 9.76. The monoisotopic (exact) mass is 369 g/mol. The molecule has 27 heavy (non-hydrogen) atoms. The van der Waals surface area contributed by atoms with Crippen molar-refractivity contribution in [3.05, 3.63) is 34.9 Å². The number of hydrogen-bond donors (Lipinski definition) is 3. The summed E-state index contributed by atoms with van der Waals surface area (Å²) in [7, 11) is 0. The van der Waals surface area contributed by atoms with Gasteiger partial charge in [0.1, 0.15) is 0 Å². The summed E-state index contributed by atoms with van der Waals surface area (Å²) in [5.74, 6) is 0.209. The van der Waals surface area contributed by atoms with Crippen molar-refractivity contribution in [3.63, 3.8) is 0 Å². The largest absolute Gasteiger partial charge is 0.354 e. The van der Waals surface area contributed by atoms with Gasteiger partial charge in [0.25, 0.3) is 0 Å². The van der Waals surface area contributed by atoms with Gasteiger partial charge in [-0.15, -0.1) is 0 Å². The topological polar surface area (TPSA) is 53.2 Å². The van der Waals surface area contributed by atoms with E-state index in [2.05, 4.69) is 48.0 Å². The Bertz CT molecular complexity index is 667. The highest BCUT2D eigenvalue weighted by atomic mass is 16.2. The molecule has 3 fully saturated rings. The van der Waals surface area contributed by atoms with E-state index in [9.17, 15) is 4.79 Å². The molecule has 0 radical (unpaired) electrons. The molecule has 4 rings (SSSR count). The van der Waals surface area contributed by atoms with E-state index in [1.165, 1.54) is 55.2 Å². The lowest BCUT2D eigenvalue weighted by molar-refractivity contribution is -0.123. The van der Waals surface area contributed by atoms with Crippen LogP contribution in [0, 0.1) is 19.3 Å². The summed E-state index contributed by atoms with van der Waals surface area (Å²) < 4.78 is 0. The Morgan fingerprint density at radius 2 is 1.74 bits per heavy atom. The van der Waals surface area contributed by atoms with Gasteiger partial charge in [0.05, 0.1) is 6.04 Å². The zero-order chi connectivity index (χ0) is 18.9. The molecule has 3 N–H and O–H groups in total. The number of carbonyl (C=O) groups excluding carboxylic acids is 1. The molecule has 0 unspecified atom stereocenters. The first-order valence-electron chi connectivity index (χ1n) is 10.8. The fourth-order valence-corrected chi connectivity index (χ4v) is 5.72. The van der Waals surface area contributed by atoms with Gasteiger partial charge in [0, 0.05) is 18.5 Å². The fourth-order valence-electron chi connectivity index (χ4n) is 5.72. The van der Waals surface area contributed by atoms with Gasteiger partial charge < -0.3 is 16.0 Å². The van der Waals surface area contributed by atoms with Crippen molar-refractivity contribution in [1.29, 1.82) is 0 Å². The molecule has 2 saturated heterocycles. The van der Waals surface area contributed by atoms with Crippen LogP contribution in [0.25, 0.3) is 0 Å². The molecule has 4 heteroatoms. The van der Waals surface area contributed by atoms with Crippen molar-refractivity contribution in [2.45, 2.75) is 70.3 Å². The first-order chi connectivity index (χ1) is 13.0. The molecule has 0 bridgehead atoms. The van der Waals surface area contributed by atoms with Gasteiger partial charge in [-0.3, -0.25) is 4.79 Å². The SMILES string of the molecule is Cc1cc(C)cc(C2(CNC(=O)[C@H]3CC4(CCNCC4)CN3)CCCC2)c1. The van der Waals surface area contributed by atoms with E-state index in [4.69, 9.17) is 0 Å². The van der Waals surface area contributed by atoms with E-state index < -0.39 is 0 Å². The quantitative estimate of drug-likeness (QED) is 0.765. The Kier molecular flexibility index (Phi) is 5.30. The van der Waals surface area contributed by atoms with Crippen LogP contribution in [-0.4, -0.2) is 38.1 Å². The number of carbonyl (C=O) groups is 1. The second kappa shape index (κ2) is 7.56. The van der Waals surface area contributed by atoms with Crippen molar-refractivity contribution in [2.75, 3.05) is 26.2 Å². The zero-order valence-corrected chi connectivity index (χ0v) is 17.0. The fraction of sp³-hybridized carbons (Fsp3) is 0.696. The third kappa shape index (κ3) is 3.93. The van der Waals surface area contributed by atoms with Gasteiger partial charge in [0.2, 0.25) is 5.91 Å². The number of rotatable bonds is 4. The third-order valence-electron chi connectivity index (χ3n) is 7.34. The normalized spacial score (nSPS) is 26.4. The highest BCUT2D eigenvalue weighted by molar-refractivity contribution is 5.82. The average Bonchev–Trinajstić information content (AvgIpc) is 3.28. The third-order valence-corrected chi connectivity index (χ3v) is 7.34. The predicted molar refractivity (Wildman–Crippen MR) is 110 cm³/mol. The van der Waals surface area contributed by atoms with Gasteiger partial charge in [-0.2, -0.15) is 0 Å². The number of piperidine rings is 1. The molecule has 1 amide bonds. The van der Waals surface area contributed by atoms with Crippen LogP contribution < -0.4 is 16.0 Å². The maximum atomic E-state index is 12.9. The molecule has 1 aromatic carbocycles. The van der Waals surface area contributed by atoms with E-state index in [0.29, 0.717) is 5.41 Å². The number of benzene rings is 1. The Labute approximate surface area is 163 Å². The summed E-state index contributed by atoms with van der Waals surface area (Å²) in [6.07, 6.45) is 8.28. The van der Waals surface area contributed by atoms with Gasteiger partial charge in [-0.25, -0.2) is 0 Å². The molecule has 2 heterocycles. The minimum Gasteiger partial charge on any atom is -0.354 e. The molecule has 1 aromatic rings. The molecule has 1 spiro atoms. The van der Waals surface area contributed by atoms with Crippen LogP contribution in [0.5, 0.6) is 0 Å². The van der Waals surface area contributed by atoms with Crippen molar-refractivity contribution in [2.24, 2.45) is 5.41 Å². The molecule has 3 aliphatic rings. The van der Waals surface area contributed by atoms with E-state index in [1.807, 2.05) is 0 Å². The minimum atomic E-state index is -0.0131. The summed E-state index contributed by atoms with van der Waals surface area (Å²) in [5.41, 5.74) is 4.54. The van der Waals surface area contributed by atoms with Crippen molar-refractivity contribution < 1.29 is 4.79 Å². The molecule has 4 nitrogen and oxygen atoms in total. The molecule has 2 aliphatic heterocycles. The van der Waals surface area contributed by atoms with Crippen LogP contribution in [-0.2, 0) is 10.2 Å². The van der Waals surface area contributed by atoms with E-state index in [-0.39, 0.29) is 17.4 Å². The maximum Gasteiger partial charge on any atom is 0.237 e. The molecular weight excluding hydrogens is 334 g/mol. The van der Waals surface area contributed by atoms with Gasteiger partial charge in [0.15, 0.2) is 0 Å². The van der Waals surface area contributed by atoms with Crippen LogP contribution in [0.1, 0.15) is 61.6 Å². The summed E-state index contributed by atoms with van der Waals surface area (Å²) in [4.78, 5) is 12.9. The molecule has 0 aromatic heterocycles. The Morgan fingerprint density at radius 1 is 1.07 bits per heavy atom. The number of hydrogen-bond acceptors (Lipinski definition) is 3. The van der Waals surface area contributed by atoms with Crippen LogP contribution in [0.15, 0.2) is 18.2 Å². The Balaban J connectivity index is 1.42. The molecule has 1 saturated carbocycles. The summed E-state index contributed by atoms with van der Waals surface area (Å²) in [5, 5.41) is 10.3. The Hall–Kier alpha value is -1.39. The van der Waals surface area contributed by atoms with Crippen molar-refractivity contribution in [3.8, 4) is 0 Å². The smallest absolute Gasteiger partial charge is 0.237 e. The Morgan fingerprint density at radius 3 is 2.41 bits per heavy atom. The first-order valence-corrected chi connectivity index (χ1v) is 10.8. The van der Waals surface area contributed by atoms with Crippen LogP contribution in [0.2, 0.25) is 0 Å². The van der Waals surface area contributed by atoms with Gasteiger partial charge in [-0.1, -0.05) is 42.2 Å². The maximum absolute atomic E-state index is 12.9. The second-order valence-corrected chi connectivity index (χ2v) is 9.47. The van der Waals surface area contributed by atoms with Crippen molar-refractivity contribution >= 4 is 5.91 Å². The van der Waals surface area contributed by atoms with Crippen molar-refractivity contribution in [1.82, 2.24) is 16.0 Å². The lowest BCUT2D eigenvalue weighted by Gasteiger charge is -2.33. The van der Waals surface area contributed by atoms with E-state index in [1.54, 1.807) is 0 Å². The highest BCUT2D eigenvalue weighted by Gasteiger charge is 2.43. The van der Waals surface area contributed by atoms with Crippen LogP contribution in [0.4, 0.5) is 0 Å². The predicted octanol–water partition coefficient (Wildman–Crippen LogP) is 2.96. The summed E-state index contributed by atoms with van der Waals surface area (Å²) >= 11 is 0. The van der Waals surface area contributed by atoms with E-state index in [0.717, 1.165) is 32.6 Å². The second-order valence-electron chi connectivity index (χ2n) is 9.47. The minimum absolute atomic E-state index is 0.0131. The zero-order valence-electron chi connectivity index (χ0n) is 17.0. The number of amides is 1. The molecule has 1 aliphatic carbocycles. The number of aryl methyl sites for hydroxylation is 2. The summed E-state index contributed by atoms with van der Waals surface area (Å²) in [6.45, 7) is 8.31. The average molecular weight is 370 g/mol. The lowest BCUT2D eigenvalue weighted by Crippen LogP contribution is -2.46. The van der Waals surface area contributed by atoms with Gasteiger partial charge in [-0.05, 0) is 70.0 Å². The van der Waals surface area contributed by atoms with Crippen LogP contribution >= 0.6 is 0 Å². The standard InChI is InChI=1S/C23H35N3O/c1-17-11-18(2)13-19(12-17)23(5-3-4-6-23)16-26-21(27)20-14-22(15-25-20)7-9-24-10-8-22/h11-13,20,24-25H,3-10,14-16H2,1-2H3,(H,26,27)/t20-/m1/s1. The van der Waals surface area contributed by atoms with E-state index >= 15 is 0 Å². The van der Waals surface area contributed by atoms with Crippen LogP contribution in [0.3, 0.4) is 0 Å². The number of nitrogens with one attached hydrogen (secondary N) is 3. The molecule has 1 atom stereocenters.